The van der Waals surface area contributed by atoms with E-state index in [0.717, 1.165) is 34.5 Å². The summed E-state index contributed by atoms with van der Waals surface area (Å²) in [4.78, 5) is 32.2. The van der Waals surface area contributed by atoms with Crippen molar-refractivity contribution in [2.24, 2.45) is 0 Å². The van der Waals surface area contributed by atoms with Crippen molar-refractivity contribution in [1.82, 2.24) is 9.88 Å². The molecule has 6 nitrogen and oxygen atoms in total. The summed E-state index contributed by atoms with van der Waals surface area (Å²) in [6, 6.07) is 16.8. The number of hydrogen-bond donors (Lipinski definition) is 1. The van der Waals surface area contributed by atoms with Crippen LogP contribution in [0.25, 0.3) is 5.57 Å². The first-order valence-electron chi connectivity index (χ1n) is 11.0. The number of carbonyl (C=O) groups is 2. The van der Waals surface area contributed by atoms with Gasteiger partial charge in [0.05, 0.1) is 18.7 Å². The van der Waals surface area contributed by atoms with Crippen LogP contribution in [0.5, 0.6) is 5.75 Å². The second-order valence-electron chi connectivity index (χ2n) is 8.10. The molecule has 0 atom stereocenters. The van der Waals surface area contributed by atoms with Crippen LogP contribution in [-0.2, 0) is 16.1 Å². The number of nitrogens with zero attached hydrogens (tertiary/aromatic N) is 2. The van der Waals surface area contributed by atoms with Crippen LogP contribution in [0.4, 0.5) is 5.69 Å². The van der Waals surface area contributed by atoms with E-state index in [9.17, 15) is 9.59 Å². The third kappa shape index (κ3) is 4.80. The Morgan fingerprint density at radius 3 is 2.42 bits per heavy atom. The Hall–Kier alpha value is -3.93. The van der Waals surface area contributed by atoms with Crippen LogP contribution in [0.3, 0.4) is 0 Å². The predicted molar refractivity (Wildman–Crippen MR) is 128 cm³/mol. The van der Waals surface area contributed by atoms with Crippen LogP contribution in [0.1, 0.15) is 35.6 Å². The minimum absolute atomic E-state index is 0.158. The number of nitrogens with one attached hydrogen (secondary N) is 1. The van der Waals surface area contributed by atoms with E-state index in [2.05, 4.69) is 10.3 Å². The number of aryl methyl sites for hydroxylation is 2. The van der Waals surface area contributed by atoms with Crippen molar-refractivity contribution in [3.63, 3.8) is 0 Å². The standard InChI is InChI=1S/C27H27N3O3/c1-4-14-33-23-11-8-21(9-12-23)24-25(29-22-10-7-18(2)19(3)15-22)27(32)30(26(24)31)17-20-6-5-13-28-16-20/h5-13,15-16,29H,4,14,17H2,1-3H3. The summed E-state index contributed by atoms with van der Waals surface area (Å²) in [5.41, 5.74) is 5.09. The highest BCUT2D eigenvalue weighted by Crippen LogP contribution is 2.32. The van der Waals surface area contributed by atoms with E-state index in [4.69, 9.17) is 4.74 Å². The molecule has 2 amide bonds. The van der Waals surface area contributed by atoms with Gasteiger partial charge in [0.1, 0.15) is 11.4 Å². The van der Waals surface area contributed by atoms with E-state index in [-0.39, 0.29) is 24.1 Å². The monoisotopic (exact) mass is 441 g/mol. The Bertz CT molecular complexity index is 1200. The minimum Gasteiger partial charge on any atom is -0.494 e. The molecule has 0 fully saturated rings. The summed E-state index contributed by atoms with van der Waals surface area (Å²) < 4.78 is 5.67. The first kappa shape index (κ1) is 22.3. The lowest BCUT2D eigenvalue weighted by molar-refractivity contribution is -0.137. The van der Waals surface area contributed by atoms with Crippen molar-refractivity contribution in [2.45, 2.75) is 33.7 Å². The first-order valence-corrected chi connectivity index (χ1v) is 11.0. The number of imide groups is 1. The van der Waals surface area contributed by atoms with E-state index in [1.807, 2.05) is 69.3 Å². The van der Waals surface area contributed by atoms with Crippen LogP contribution in [0.2, 0.25) is 0 Å². The molecule has 6 heteroatoms. The van der Waals surface area contributed by atoms with Crippen LogP contribution in [0, 0.1) is 13.8 Å². The summed E-state index contributed by atoms with van der Waals surface area (Å²) in [5.74, 6) is 0.0367. The van der Waals surface area contributed by atoms with Gasteiger partial charge >= 0.3 is 0 Å². The van der Waals surface area contributed by atoms with Crippen molar-refractivity contribution in [3.05, 3.63) is 94.9 Å². The number of anilines is 1. The van der Waals surface area contributed by atoms with Gasteiger partial charge in [-0.15, -0.1) is 0 Å². The normalized spacial score (nSPS) is 13.6. The second kappa shape index (κ2) is 9.69. The highest BCUT2D eigenvalue weighted by Gasteiger charge is 2.39. The van der Waals surface area contributed by atoms with Crippen LogP contribution >= 0.6 is 0 Å². The molecule has 1 aliphatic rings. The maximum Gasteiger partial charge on any atom is 0.278 e. The largest absolute Gasteiger partial charge is 0.494 e. The summed E-state index contributed by atoms with van der Waals surface area (Å²) in [7, 11) is 0. The van der Waals surface area contributed by atoms with Gasteiger partial charge in [0, 0.05) is 18.1 Å². The van der Waals surface area contributed by atoms with Crippen LogP contribution in [-0.4, -0.2) is 28.3 Å². The van der Waals surface area contributed by atoms with Gasteiger partial charge in [0.15, 0.2) is 0 Å². The Kier molecular flexibility index (Phi) is 6.54. The van der Waals surface area contributed by atoms with Crippen molar-refractivity contribution in [3.8, 4) is 5.75 Å². The molecule has 0 saturated carbocycles. The van der Waals surface area contributed by atoms with E-state index < -0.39 is 0 Å². The molecule has 2 heterocycles. The molecular formula is C27H27N3O3. The molecule has 3 aromatic rings. The van der Waals surface area contributed by atoms with Gasteiger partial charge in [0.2, 0.25) is 0 Å². The molecule has 33 heavy (non-hydrogen) atoms. The summed E-state index contributed by atoms with van der Waals surface area (Å²) in [5, 5.41) is 3.22. The number of rotatable bonds is 8. The zero-order valence-corrected chi connectivity index (χ0v) is 19.1. The number of carbonyl (C=O) groups excluding carboxylic acids is 2. The molecule has 1 aromatic heterocycles. The van der Waals surface area contributed by atoms with Gasteiger partial charge < -0.3 is 10.1 Å². The number of aromatic nitrogens is 1. The fraction of sp³-hybridized carbons (Fsp3) is 0.222. The fourth-order valence-corrected chi connectivity index (χ4v) is 3.68. The molecule has 0 aliphatic carbocycles. The number of amides is 2. The summed E-state index contributed by atoms with van der Waals surface area (Å²) >= 11 is 0. The molecular weight excluding hydrogens is 414 g/mol. The average Bonchev–Trinajstić information content (AvgIpc) is 3.05. The predicted octanol–water partition coefficient (Wildman–Crippen LogP) is 4.88. The lowest BCUT2D eigenvalue weighted by Gasteiger charge is -2.15. The molecule has 0 radical (unpaired) electrons. The van der Waals surface area contributed by atoms with Crippen LogP contribution < -0.4 is 10.1 Å². The quantitative estimate of drug-likeness (QED) is 0.505. The molecule has 0 bridgehead atoms. The second-order valence-corrected chi connectivity index (χ2v) is 8.10. The lowest BCUT2D eigenvalue weighted by atomic mass is 10.0. The zero-order valence-electron chi connectivity index (χ0n) is 19.1. The van der Waals surface area contributed by atoms with Gasteiger partial charge in [-0.3, -0.25) is 19.5 Å². The fourth-order valence-electron chi connectivity index (χ4n) is 3.68. The molecule has 0 unspecified atom stereocenters. The molecule has 2 aromatic carbocycles. The van der Waals surface area contributed by atoms with E-state index in [0.29, 0.717) is 17.7 Å². The van der Waals surface area contributed by atoms with Gasteiger partial charge in [0.25, 0.3) is 11.8 Å². The average molecular weight is 442 g/mol. The Balaban J connectivity index is 1.71. The Morgan fingerprint density at radius 2 is 1.76 bits per heavy atom. The number of pyridine rings is 1. The third-order valence-corrected chi connectivity index (χ3v) is 5.62. The number of hydrogen-bond acceptors (Lipinski definition) is 5. The molecule has 4 rings (SSSR count). The van der Waals surface area contributed by atoms with Crippen molar-refractivity contribution in [1.29, 1.82) is 0 Å². The molecule has 1 N–H and O–H groups in total. The number of ether oxygens (including phenoxy) is 1. The van der Waals surface area contributed by atoms with E-state index in [1.54, 1.807) is 18.5 Å². The maximum atomic E-state index is 13.5. The Morgan fingerprint density at radius 1 is 0.970 bits per heavy atom. The lowest BCUT2D eigenvalue weighted by Crippen LogP contribution is -2.32. The molecule has 0 saturated heterocycles. The topological polar surface area (TPSA) is 71.5 Å². The minimum atomic E-state index is -0.358. The van der Waals surface area contributed by atoms with Gasteiger partial charge in [-0.25, -0.2) is 0 Å². The molecule has 168 valence electrons. The number of benzene rings is 2. The van der Waals surface area contributed by atoms with Crippen LogP contribution in [0.15, 0.2) is 72.7 Å². The van der Waals surface area contributed by atoms with Gasteiger partial charge in [-0.05, 0) is 72.9 Å². The highest BCUT2D eigenvalue weighted by molar-refractivity contribution is 6.36. The van der Waals surface area contributed by atoms with Crippen molar-refractivity contribution in [2.75, 3.05) is 11.9 Å². The summed E-state index contributed by atoms with van der Waals surface area (Å²) in [6.45, 7) is 6.87. The van der Waals surface area contributed by atoms with Crippen molar-refractivity contribution < 1.29 is 14.3 Å². The Labute approximate surface area is 193 Å². The summed E-state index contributed by atoms with van der Waals surface area (Å²) in [6.07, 6.45) is 4.23. The zero-order chi connectivity index (χ0) is 23.4. The highest BCUT2D eigenvalue weighted by atomic mass is 16.5. The van der Waals surface area contributed by atoms with Crippen molar-refractivity contribution >= 4 is 23.1 Å². The van der Waals surface area contributed by atoms with E-state index >= 15 is 0 Å². The first-order chi connectivity index (χ1) is 16.0. The SMILES string of the molecule is CCCOc1ccc(C2=C(Nc3ccc(C)c(C)c3)C(=O)N(Cc3cccnc3)C2=O)cc1. The maximum absolute atomic E-state index is 13.5. The third-order valence-electron chi connectivity index (χ3n) is 5.62. The van der Waals surface area contributed by atoms with Gasteiger partial charge in [-0.2, -0.15) is 0 Å². The molecule has 1 aliphatic heterocycles. The van der Waals surface area contributed by atoms with Gasteiger partial charge in [-0.1, -0.05) is 31.2 Å². The van der Waals surface area contributed by atoms with E-state index in [1.165, 1.54) is 4.90 Å². The molecule has 0 spiro atoms. The smallest absolute Gasteiger partial charge is 0.278 e.